The van der Waals surface area contributed by atoms with Gasteiger partial charge in [0.25, 0.3) is 0 Å². The summed E-state index contributed by atoms with van der Waals surface area (Å²) in [5.74, 6) is 0.0521. The number of hydrogen-bond acceptors (Lipinski definition) is 4. The molecule has 0 amide bonds. The summed E-state index contributed by atoms with van der Waals surface area (Å²) in [5, 5.41) is 4.22. The van der Waals surface area contributed by atoms with Crippen LogP contribution >= 0.6 is 0 Å². The van der Waals surface area contributed by atoms with Gasteiger partial charge in [-0.3, -0.25) is 13.8 Å². The number of hydrogen-bond donors (Lipinski definition) is 0. The summed E-state index contributed by atoms with van der Waals surface area (Å²) < 4.78 is 56.6. The van der Waals surface area contributed by atoms with Gasteiger partial charge in [0.05, 0.1) is 30.1 Å². The normalized spacial score (nSPS) is 16.5. The number of benzene rings is 1. The molecule has 0 bridgehead atoms. The van der Waals surface area contributed by atoms with E-state index in [4.69, 9.17) is 9.47 Å². The van der Waals surface area contributed by atoms with Gasteiger partial charge in [0, 0.05) is 42.4 Å². The summed E-state index contributed by atoms with van der Waals surface area (Å²) in [7, 11) is 0. The Hall–Kier alpha value is -3.01. The summed E-state index contributed by atoms with van der Waals surface area (Å²) >= 11 is 0. The van der Waals surface area contributed by atoms with Crippen molar-refractivity contribution in [2.75, 3.05) is 13.2 Å². The molecule has 1 aliphatic rings. The van der Waals surface area contributed by atoms with Gasteiger partial charge in [-0.1, -0.05) is 0 Å². The van der Waals surface area contributed by atoms with Gasteiger partial charge in [0.15, 0.2) is 0 Å². The molecule has 3 aromatic rings. The minimum Gasteiger partial charge on any atom is -0.491 e. The van der Waals surface area contributed by atoms with E-state index in [-0.39, 0.29) is 30.7 Å². The first kappa shape index (κ1) is 23.2. The number of alkyl halides is 3. The van der Waals surface area contributed by atoms with Crippen molar-refractivity contribution in [3.8, 4) is 11.4 Å². The number of ether oxygens (including phenoxy) is 2. The Morgan fingerprint density at radius 1 is 1.21 bits per heavy atom. The Morgan fingerprint density at radius 3 is 2.64 bits per heavy atom. The van der Waals surface area contributed by atoms with Gasteiger partial charge in [0.1, 0.15) is 12.4 Å². The minimum absolute atomic E-state index is 0.0521. The van der Waals surface area contributed by atoms with Gasteiger partial charge in [-0.15, -0.1) is 0 Å². The topological polar surface area (TPSA) is 63.2 Å². The predicted octanol–water partition coefficient (Wildman–Crippen LogP) is 4.10. The molecule has 4 rings (SSSR count). The second-order valence-electron chi connectivity index (χ2n) is 8.24. The van der Waals surface area contributed by atoms with E-state index in [1.807, 2.05) is 13.1 Å². The van der Waals surface area contributed by atoms with Crippen molar-refractivity contribution in [2.45, 2.75) is 59.0 Å². The van der Waals surface area contributed by atoms with Crippen molar-refractivity contribution in [1.29, 1.82) is 0 Å². The Morgan fingerprint density at radius 2 is 2.00 bits per heavy atom. The molecular formula is C23H27F3N4O3. The zero-order valence-corrected chi connectivity index (χ0v) is 18.9. The molecule has 1 atom stereocenters. The second-order valence-corrected chi connectivity index (χ2v) is 8.24. The zero-order chi connectivity index (χ0) is 23.8. The molecule has 10 heteroatoms. The molecule has 0 spiro atoms. The molecular weight excluding hydrogens is 437 g/mol. The number of halogens is 3. The molecule has 7 nitrogen and oxygen atoms in total. The lowest BCUT2D eigenvalue weighted by atomic mass is 10.1. The molecule has 3 heterocycles. The van der Waals surface area contributed by atoms with Crippen LogP contribution in [-0.2, 0) is 24.0 Å². The first-order valence-electron chi connectivity index (χ1n) is 10.9. The third-order valence-corrected chi connectivity index (χ3v) is 5.97. The molecule has 33 heavy (non-hydrogen) atoms. The fourth-order valence-electron chi connectivity index (χ4n) is 4.02. The molecule has 1 fully saturated rings. The second kappa shape index (κ2) is 9.09. The minimum atomic E-state index is -4.58. The Labute approximate surface area is 189 Å². The van der Waals surface area contributed by atoms with Crippen LogP contribution in [0.1, 0.15) is 42.3 Å². The van der Waals surface area contributed by atoms with E-state index in [1.165, 1.54) is 10.6 Å². The smallest absolute Gasteiger partial charge is 0.416 e. The fourth-order valence-corrected chi connectivity index (χ4v) is 4.02. The van der Waals surface area contributed by atoms with Crippen LogP contribution in [-0.4, -0.2) is 38.2 Å². The van der Waals surface area contributed by atoms with Gasteiger partial charge in [-0.2, -0.15) is 18.3 Å². The fraction of sp³-hybridized carbons (Fsp3) is 0.478. The lowest BCUT2D eigenvalue weighted by Gasteiger charge is -2.16. The van der Waals surface area contributed by atoms with Crippen LogP contribution in [0.2, 0.25) is 0 Å². The number of nitrogens with zero attached hydrogens (tertiary/aromatic N) is 4. The highest BCUT2D eigenvalue weighted by Crippen LogP contribution is 2.34. The molecule has 0 N–H and O–H groups in total. The lowest BCUT2D eigenvalue weighted by molar-refractivity contribution is -0.137. The first-order valence-corrected chi connectivity index (χ1v) is 10.9. The largest absolute Gasteiger partial charge is 0.491 e. The SMILES string of the molecule is CCn1cc(Cn2c(C)c(C)n(-c3cc(OC[C@@H]4CCCO4)cc(C(F)(F)F)c3)c2=O)cn1. The molecule has 0 radical (unpaired) electrons. The van der Waals surface area contributed by atoms with Crippen molar-refractivity contribution in [1.82, 2.24) is 18.9 Å². The number of aryl methyl sites for hydroxylation is 1. The zero-order valence-electron chi connectivity index (χ0n) is 18.9. The monoisotopic (exact) mass is 464 g/mol. The molecule has 2 aromatic heterocycles. The van der Waals surface area contributed by atoms with Crippen LogP contribution in [0.25, 0.3) is 5.69 Å². The molecule has 1 saturated heterocycles. The van der Waals surface area contributed by atoms with E-state index in [0.29, 0.717) is 24.5 Å². The maximum Gasteiger partial charge on any atom is 0.416 e. The quantitative estimate of drug-likeness (QED) is 0.528. The lowest BCUT2D eigenvalue weighted by Crippen LogP contribution is -2.25. The number of aromatic nitrogens is 4. The van der Waals surface area contributed by atoms with E-state index < -0.39 is 17.4 Å². The molecule has 0 unspecified atom stereocenters. The number of imidazole rings is 1. The van der Waals surface area contributed by atoms with Crippen LogP contribution in [0.15, 0.2) is 35.4 Å². The van der Waals surface area contributed by atoms with Crippen LogP contribution < -0.4 is 10.4 Å². The number of rotatable bonds is 7. The van der Waals surface area contributed by atoms with Gasteiger partial charge in [0.2, 0.25) is 0 Å². The van der Waals surface area contributed by atoms with Crippen LogP contribution in [0.3, 0.4) is 0 Å². The van der Waals surface area contributed by atoms with Crippen LogP contribution in [0.5, 0.6) is 5.75 Å². The van der Waals surface area contributed by atoms with Crippen molar-refractivity contribution in [3.63, 3.8) is 0 Å². The maximum absolute atomic E-state index is 13.6. The molecule has 1 aliphatic heterocycles. The van der Waals surface area contributed by atoms with E-state index in [9.17, 15) is 18.0 Å². The van der Waals surface area contributed by atoms with Gasteiger partial charge in [-0.25, -0.2) is 4.79 Å². The Balaban J connectivity index is 1.72. The van der Waals surface area contributed by atoms with Crippen LogP contribution in [0, 0.1) is 13.8 Å². The maximum atomic E-state index is 13.6. The van der Waals surface area contributed by atoms with Crippen molar-refractivity contribution >= 4 is 0 Å². The summed E-state index contributed by atoms with van der Waals surface area (Å²) in [6.07, 6.45) is 0.520. The van der Waals surface area contributed by atoms with Crippen molar-refractivity contribution in [3.05, 3.63) is 63.6 Å². The summed E-state index contributed by atoms with van der Waals surface area (Å²) in [4.78, 5) is 13.3. The van der Waals surface area contributed by atoms with E-state index in [0.717, 1.165) is 30.5 Å². The van der Waals surface area contributed by atoms with Crippen molar-refractivity contribution < 1.29 is 22.6 Å². The van der Waals surface area contributed by atoms with Crippen molar-refractivity contribution in [2.24, 2.45) is 0 Å². The van der Waals surface area contributed by atoms with Gasteiger partial charge >= 0.3 is 11.9 Å². The predicted molar refractivity (Wildman–Crippen MR) is 116 cm³/mol. The Kier molecular flexibility index (Phi) is 6.38. The first-order chi connectivity index (χ1) is 15.7. The highest BCUT2D eigenvalue weighted by Gasteiger charge is 2.32. The standard InChI is InChI=1S/C23H27F3N4O3/c1-4-28-12-17(11-27-28)13-29-15(2)16(3)30(22(29)31)19-8-18(23(24,25)26)9-21(10-19)33-14-20-6-5-7-32-20/h8-12,20H,4-7,13-14H2,1-3H3/t20-/m0/s1. The van der Waals surface area contributed by atoms with Crippen LogP contribution in [0.4, 0.5) is 13.2 Å². The third kappa shape index (κ3) is 4.85. The highest BCUT2D eigenvalue weighted by atomic mass is 19.4. The van der Waals surface area contributed by atoms with Gasteiger partial charge < -0.3 is 9.47 Å². The van der Waals surface area contributed by atoms with E-state index >= 15 is 0 Å². The molecule has 0 aliphatic carbocycles. The van der Waals surface area contributed by atoms with E-state index in [1.54, 1.807) is 29.3 Å². The average molecular weight is 464 g/mol. The average Bonchev–Trinajstić information content (AvgIpc) is 3.50. The molecule has 0 saturated carbocycles. The third-order valence-electron chi connectivity index (χ3n) is 5.97. The summed E-state index contributed by atoms with van der Waals surface area (Å²) in [6.45, 7) is 7.22. The summed E-state index contributed by atoms with van der Waals surface area (Å²) in [6, 6.07) is 3.41. The summed E-state index contributed by atoms with van der Waals surface area (Å²) in [5.41, 5.74) is 0.891. The molecule has 1 aromatic carbocycles. The highest BCUT2D eigenvalue weighted by molar-refractivity contribution is 5.46. The molecule has 178 valence electrons. The van der Waals surface area contributed by atoms with E-state index in [2.05, 4.69) is 5.10 Å². The Bertz CT molecular complexity index is 1190. The van der Waals surface area contributed by atoms with Gasteiger partial charge in [-0.05, 0) is 45.7 Å².